The molecule has 2 aromatic heterocycles. The van der Waals surface area contributed by atoms with Crippen molar-refractivity contribution in [1.29, 1.82) is 10.5 Å². The number of pyridine rings is 2. The SMILES string of the molecule is CCc1[nH]c2c(Cl)ccc(OCC(=O)OC)c2c(=O)c1Cc1ccc(C#N)cc1.CCc1nc2c(Cl)ccc(OCC(=O)OC)c2c(OC(F)F)c1Cc1ccc(C#N)cc1. The quantitative estimate of drug-likeness (QED) is 0.104. The number of carbonyl (C=O) groups excluding carboxylic acids is 2. The molecule has 0 fully saturated rings. The van der Waals surface area contributed by atoms with Crippen molar-refractivity contribution in [2.24, 2.45) is 0 Å². The predicted octanol–water partition coefficient (Wildman–Crippen LogP) is 8.82. The Bertz CT molecular complexity index is 2710. The van der Waals surface area contributed by atoms with Gasteiger partial charge in [0.15, 0.2) is 18.6 Å². The lowest BCUT2D eigenvalue weighted by Gasteiger charge is -2.19. The van der Waals surface area contributed by atoms with Crippen molar-refractivity contribution in [3.63, 3.8) is 0 Å². The van der Waals surface area contributed by atoms with Crippen LogP contribution in [0.25, 0.3) is 21.8 Å². The van der Waals surface area contributed by atoms with Gasteiger partial charge in [-0.3, -0.25) is 9.78 Å². The normalized spacial score (nSPS) is 10.7. The first kappa shape index (κ1) is 45.3. The molecule has 16 heteroatoms. The maximum atomic E-state index is 13.5. The predicted molar refractivity (Wildman–Crippen MR) is 225 cm³/mol. The lowest BCUT2D eigenvalue weighted by Crippen LogP contribution is -2.18. The minimum absolute atomic E-state index is 0.113. The van der Waals surface area contributed by atoms with Crippen molar-refractivity contribution >= 4 is 56.9 Å². The lowest BCUT2D eigenvalue weighted by atomic mass is 9.97. The number of aryl methyl sites for hydroxylation is 2. The Morgan fingerprint density at radius 2 is 1.25 bits per heavy atom. The van der Waals surface area contributed by atoms with Gasteiger partial charge in [-0.2, -0.15) is 19.3 Å². The zero-order chi connectivity index (χ0) is 44.2. The Morgan fingerprint density at radius 1 is 0.738 bits per heavy atom. The second-order valence-corrected chi connectivity index (χ2v) is 13.9. The van der Waals surface area contributed by atoms with Crippen LogP contribution in [-0.2, 0) is 44.7 Å². The molecule has 0 bridgehead atoms. The summed E-state index contributed by atoms with van der Waals surface area (Å²) >= 11 is 12.6. The molecule has 0 aliphatic carbocycles. The Morgan fingerprint density at radius 3 is 1.72 bits per heavy atom. The molecular weight excluding hydrogens is 833 g/mol. The summed E-state index contributed by atoms with van der Waals surface area (Å²) in [6, 6.07) is 24.1. The standard InChI is InChI=1S/C23H19ClF2N2O4.C22H19ClN2O4/c1-3-17-15(10-13-4-6-14(11-27)7-5-13)22(32-23(25)26)20-18(31-12-19(29)30-2)9-8-16(24)21(20)28-17;1-3-17-15(10-13-4-6-14(11-24)7-5-13)22(27)20-18(29-12-19(26)28-2)9-8-16(23)21(20)25-17/h4-9,23H,3,10,12H2,1-2H3;4-9H,3,10,12H2,1-2H3,(H,25,27). The molecule has 1 N–H and O–H groups in total. The number of rotatable bonds is 14. The summed E-state index contributed by atoms with van der Waals surface area (Å²) in [4.78, 5) is 44.2. The fourth-order valence-electron chi connectivity index (χ4n) is 6.40. The van der Waals surface area contributed by atoms with Crippen LogP contribution in [0.4, 0.5) is 8.78 Å². The molecule has 0 saturated carbocycles. The fourth-order valence-corrected chi connectivity index (χ4v) is 6.80. The number of hydrogen-bond donors (Lipinski definition) is 1. The van der Waals surface area contributed by atoms with E-state index in [1.165, 1.54) is 26.4 Å². The van der Waals surface area contributed by atoms with Gasteiger partial charge in [0.2, 0.25) is 0 Å². The van der Waals surface area contributed by atoms with Gasteiger partial charge in [0.05, 0.1) is 69.3 Å². The van der Waals surface area contributed by atoms with Crippen LogP contribution >= 0.6 is 23.2 Å². The first-order valence-electron chi connectivity index (χ1n) is 18.7. The molecule has 0 atom stereocenters. The van der Waals surface area contributed by atoms with Gasteiger partial charge in [0.1, 0.15) is 17.2 Å². The van der Waals surface area contributed by atoms with Crippen LogP contribution < -0.4 is 19.6 Å². The summed E-state index contributed by atoms with van der Waals surface area (Å²) in [5, 5.41) is 19.0. The summed E-state index contributed by atoms with van der Waals surface area (Å²) in [5.74, 6) is -0.928. The van der Waals surface area contributed by atoms with Gasteiger partial charge < -0.3 is 28.7 Å². The van der Waals surface area contributed by atoms with E-state index in [0.29, 0.717) is 63.1 Å². The van der Waals surface area contributed by atoms with Gasteiger partial charge in [0, 0.05) is 35.4 Å². The van der Waals surface area contributed by atoms with Crippen molar-refractivity contribution in [2.45, 2.75) is 46.1 Å². The van der Waals surface area contributed by atoms with Crippen LogP contribution in [0.1, 0.15) is 58.6 Å². The topological polar surface area (TPSA) is 174 Å². The van der Waals surface area contributed by atoms with Gasteiger partial charge in [-0.05, 0) is 72.5 Å². The highest BCUT2D eigenvalue weighted by atomic mass is 35.5. The summed E-state index contributed by atoms with van der Waals surface area (Å²) in [5.41, 5.74) is 5.55. The number of halogens is 4. The van der Waals surface area contributed by atoms with Crippen molar-refractivity contribution in [1.82, 2.24) is 9.97 Å². The number of ether oxygens (including phenoxy) is 5. The number of methoxy groups -OCH3 is 2. The van der Waals surface area contributed by atoms with Crippen LogP contribution in [0.15, 0.2) is 77.6 Å². The zero-order valence-electron chi connectivity index (χ0n) is 33.4. The number of H-pyrrole nitrogens is 1. The molecule has 6 aromatic rings. The average molecular weight is 872 g/mol. The number of nitrogens with one attached hydrogen (secondary N) is 1. The average Bonchev–Trinajstić information content (AvgIpc) is 3.27. The third kappa shape index (κ3) is 10.9. The second kappa shape index (κ2) is 21.0. The summed E-state index contributed by atoms with van der Waals surface area (Å²) < 4.78 is 52.1. The van der Waals surface area contributed by atoms with E-state index in [1.54, 1.807) is 48.5 Å². The molecular formula is C45H38Cl2F2N4O8. The van der Waals surface area contributed by atoms with Crippen LogP contribution in [0, 0.1) is 22.7 Å². The number of alkyl halides is 2. The van der Waals surface area contributed by atoms with Gasteiger partial charge in [0.25, 0.3) is 0 Å². The molecule has 61 heavy (non-hydrogen) atoms. The van der Waals surface area contributed by atoms with Crippen molar-refractivity contribution < 1.29 is 42.1 Å². The van der Waals surface area contributed by atoms with E-state index in [1.807, 2.05) is 32.0 Å². The van der Waals surface area contributed by atoms with Gasteiger partial charge in [-0.15, -0.1) is 0 Å². The third-order valence-electron chi connectivity index (χ3n) is 9.41. The Hall–Kier alpha value is -6.74. The molecule has 2 heterocycles. The van der Waals surface area contributed by atoms with E-state index >= 15 is 0 Å². The molecule has 0 radical (unpaired) electrons. The van der Waals surface area contributed by atoms with E-state index in [2.05, 4.69) is 25.5 Å². The lowest BCUT2D eigenvalue weighted by molar-refractivity contribution is -0.143. The number of aromatic nitrogens is 2. The Kier molecular flexibility index (Phi) is 15.6. The molecule has 6 rings (SSSR count). The minimum Gasteiger partial charge on any atom is -0.481 e. The van der Waals surface area contributed by atoms with E-state index in [0.717, 1.165) is 16.8 Å². The number of esters is 2. The monoisotopic (exact) mass is 870 g/mol. The van der Waals surface area contributed by atoms with Crippen LogP contribution in [0.2, 0.25) is 10.0 Å². The Labute approximate surface area is 359 Å². The van der Waals surface area contributed by atoms with Crippen molar-refractivity contribution in [3.8, 4) is 29.4 Å². The van der Waals surface area contributed by atoms with E-state index in [9.17, 15) is 23.2 Å². The van der Waals surface area contributed by atoms with Gasteiger partial charge >= 0.3 is 18.6 Å². The van der Waals surface area contributed by atoms with Crippen LogP contribution in [-0.4, -0.2) is 56.0 Å². The maximum absolute atomic E-state index is 13.5. The number of carbonyl (C=O) groups is 2. The smallest absolute Gasteiger partial charge is 0.387 e. The fraction of sp³-hybridized carbons (Fsp3) is 0.244. The molecule has 0 spiro atoms. The number of hydrogen-bond acceptors (Lipinski definition) is 11. The third-order valence-corrected chi connectivity index (χ3v) is 10.0. The highest BCUT2D eigenvalue weighted by Crippen LogP contribution is 2.42. The summed E-state index contributed by atoms with van der Waals surface area (Å²) in [7, 11) is 2.48. The van der Waals surface area contributed by atoms with E-state index in [4.69, 9.17) is 47.9 Å². The van der Waals surface area contributed by atoms with E-state index in [-0.39, 0.29) is 51.6 Å². The number of fused-ring (bicyclic) bond motifs is 2. The molecule has 314 valence electrons. The molecule has 4 aromatic carbocycles. The molecule has 0 unspecified atom stereocenters. The van der Waals surface area contributed by atoms with Gasteiger partial charge in [-0.25, -0.2) is 9.59 Å². The highest BCUT2D eigenvalue weighted by Gasteiger charge is 2.24. The van der Waals surface area contributed by atoms with Gasteiger partial charge in [-0.1, -0.05) is 61.3 Å². The van der Waals surface area contributed by atoms with Crippen molar-refractivity contribution in [2.75, 3.05) is 27.4 Å². The minimum atomic E-state index is -3.11. The largest absolute Gasteiger partial charge is 0.481 e. The summed E-state index contributed by atoms with van der Waals surface area (Å²) in [6.45, 7) is -0.0639. The first-order valence-corrected chi connectivity index (χ1v) is 19.4. The zero-order valence-corrected chi connectivity index (χ0v) is 34.9. The van der Waals surface area contributed by atoms with Crippen LogP contribution in [0.5, 0.6) is 17.2 Å². The number of benzene rings is 4. The number of nitrogens with zero attached hydrogens (tertiary/aromatic N) is 3. The number of aromatic amines is 1. The number of nitriles is 2. The Balaban J connectivity index is 0.000000232. The molecule has 0 saturated heterocycles. The van der Waals surface area contributed by atoms with Crippen molar-refractivity contribution in [3.05, 3.63) is 138 Å². The maximum Gasteiger partial charge on any atom is 0.387 e. The second-order valence-electron chi connectivity index (χ2n) is 13.1. The van der Waals surface area contributed by atoms with Crippen LogP contribution in [0.3, 0.4) is 0 Å². The molecule has 12 nitrogen and oxygen atoms in total. The molecule has 0 aliphatic rings. The first-order chi connectivity index (χ1) is 29.3. The molecule has 0 aliphatic heterocycles. The highest BCUT2D eigenvalue weighted by molar-refractivity contribution is 6.36. The molecule has 0 amide bonds. The van der Waals surface area contributed by atoms with E-state index < -0.39 is 25.2 Å². The summed E-state index contributed by atoms with van der Waals surface area (Å²) in [6.07, 6.45) is 1.66.